The molecule has 1 unspecified atom stereocenters. The summed E-state index contributed by atoms with van der Waals surface area (Å²) in [7, 11) is 0. The Hall–Kier alpha value is -0.230. The van der Waals surface area contributed by atoms with Crippen LogP contribution in [0.5, 0.6) is 0 Å². The molecule has 6 heteroatoms. The maximum Gasteiger partial charge on any atom is 0.138 e. The van der Waals surface area contributed by atoms with Gasteiger partial charge in [-0.1, -0.05) is 16.1 Å². The van der Waals surface area contributed by atoms with Crippen molar-refractivity contribution in [3.63, 3.8) is 0 Å². The Balaban J connectivity index is 2.63. The molecule has 1 aromatic rings. The Morgan fingerprint density at radius 3 is 2.53 bits per heavy atom. The summed E-state index contributed by atoms with van der Waals surface area (Å²) in [6, 6.07) is 0.345. The van der Waals surface area contributed by atoms with E-state index in [1.54, 1.807) is 6.92 Å². The van der Waals surface area contributed by atoms with Crippen molar-refractivity contribution in [1.82, 2.24) is 14.5 Å². The Kier molecular flexibility index (Phi) is 4.92. The van der Waals surface area contributed by atoms with Gasteiger partial charge in [0.15, 0.2) is 0 Å². The van der Waals surface area contributed by atoms with Crippen LogP contribution in [0.15, 0.2) is 0 Å². The second kappa shape index (κ2) is 5.75. The largest absolute Gasteiger partial charge is 0.392 e. The first-order valence-electron chi connectivity index (χ1n) is 4.89. The van der Waals surface area contributed by atoms with Gasteiger partial charge in [0.05, 0.1) is 6.10 Å². The van der Waals surface area contributed by atoms with Gasteiger partial charge in [-0.15, -0.1) is 5.10 Å². The second-order valence-corrected chi connectivity index (χ2v) is 5.22. The van der Waals surface area contributed by atoms with Crippen molar-refractivity contribution in [2.75, 3.05) is 6.54 Å². The Labute approximate surface area is 99.0 Å². The van der Waals surface area contributed by atoms with Crippen LogP contribution in [0, 0.1) is 0 Å². The highest BCUT2D eigenvalue weighted by molar-refractivity contribution is 7.10. The number of aliphatic hydroxyl groups excluding tert-OH is 1. The predicted molar refractivity (Wildman–Crippen MR) is 62.1 cm³/mol. The predicted octanol–water partition coefficient (Wildman–Crippen LogP) is 1.78. The quantitative estimate of drug-likeness (QED) is 0.864. The maximum absolute atomic E-state index is 9.36. The molecule has 86 valence electrons. The number of nitrogens with zero attached hydrogens (tertiary/aromatic N) is 3. The smallest absolute Gasteiger partial charge is 0.138 e. The number of hydrogen-bond acceptors (Lipinski definition) is 5. The summed E-state index contributed by atoms with van der Waals surface area (Å²) in [6.07, 6.45) is -0.349. The molecule has 4 nitrogen and oxygen atoms in total. The first-order chi connectivity index (χ1) is 7.00. The Bertz CT molecular complexity index is 303. The van der Waals surface area contributed by atoms with Gasteiger partial charge in [-0.2, -0.15) is 0 Å². The van der Waals surface area contributed by atoms with Gasteiger partial charge in [0.2, 0.25) is 0 Å². The highest BCUT2D eigenvalue weighted by atomic mass is 35.5. The third-order valence-electron chi connectivity index (χ3n) is 2.09. The van der Waals surface area contributed by atoms with Crippen LogP contribution >= 0.6 is 23.1 Å². The van der Waals surface area contributed by atoms with Crippen molar-refractivity contribution in [3.05, 3.63) is 10.0 Å². The van der Waals surface area contributed by atoms with E-state index in [9.17, 15) is 5.11 Å². The third-order valence-corrected chi connectivity index (χ3v) is 3.08. The Morgan fingerprint density at radius 1 is 1.47 bits per heavy atom. The molecule has 0 aromatic carbocycles. The van der Waals surface area contributed by atoms with Crippen LogP contribution in [0.4, 0.5) is 0 Å². The first-order valence-corrected chi connectivity index (χ1v) is 6.04. The van der Waals surface area contributed by atoms with E-state index < -0.39 is 0 Å². The molecular formula is C9H16ClN3OS. The monoisotopic (exact) mass is 249 g/mol. The summed E-state index contributed by atoms with van der Waals surface area (Å²) in [5.74, 6) is 0. The summed E-state index contributed by atoms with van der Waals surface area (Å²) in [4.78, 5) is 2.12. The zero-order chi connectivity index (χ0) is 11.4. The van der Waals surface area contributed by atoms with Crippen molar-refractivity contribution in [3.8, 4) is 0 Å². The van der Waals surface area contributed by atoms with Crippen LogP contribution in [-0.2, 0) is 6.54 Å². The molecule has 1 atom stereocenters. The molecule has 0 aliphatic carbocycles. The third kappa shape index (κ3) is 4.03. The van der Waals surface area contributed by atoms with Crippen molar-refractivity contribution >= 4 is 23.1 Å². The van der Waals surface area contributed by atoms with E-state index >= 15 is 0 Å². The number of rotatable bonds is 5. The molecule has 0 saturated carbocycles. The molecule has 0 bridgehead atoms. The summed E-state index contributed by atoms with van der Waals surface area (Å²) >= 11 is 7.12. The zero-order valence-corrected chi connectivity index (χ0v) is 10.7. The topological polar surface area (TPSA) is 49.2 Å². The average Bonchev–Trinajstić information content (AvgIpc) is 2.50. The molecular weight excluding hydrogens is 234 g/mol. The van der Waals surface area contributed by atoms with Gasteiger partial charge in [-0.25, -0.2) is 0 Å². The van der Waals surface area contributed by atoms with Crippen molar-refractivity contribution in [2.24, 2.45) is 0 Å². The number of aliphatic hydroxyl groups is 1. The van der Waals surface area contributed by atoms with Gasteiger partial charge >= 0.3 is 0 Å². The van der Waals surface area contributed by atoms with Gasteiger partial charge in [0, 0.05) is 30.7 Å². The standard InChI is InChI=1S/C9H16ClN3OS/c1-6(2)13(4-7(3)14)5-8-9(10)15-12-11-8/h6-7,14H,4-5H2,1-3H3. The molecule has 0 aliphatic rings. The van der Waals surface area contributed by atoms with Gasteiger partial charge in [0.25, 0.3) is 0 Å². The van der Waals surface area contributed by atoms with E-state index in [-0.39, 0.29) is 6.10 Å². The molecule has 1 aromatic heterocycles. The molecule has 0 radical (unpaired) electrons. The maximum atomic E-state index is 9.36. The first kappa shape index (κ1) is 12.8. The van der Waals surface area contributed by atoms with Gasteiger partial charge in [0.1, 0.15) is 10.0 Å². The summed E-state index contributed by atoms with van der Waals surface area (Å²) < 4.78 is 4.41. The Morgan fingerprint density at radius 2 is 2.13 bits per heavy atom. The lowest BCUT2D eigenvalue weighted by molar-refractivity contribution is 0.102. The lowest BCUT2D eigenvalue weighted by Gasteiger charge is -2.26. The van der Waals surface area contributed by atoms with Crippen LogP contribution in [0.3, 0.4) is 0 Å². The molecule has 0 spiro atoms. The lowest BCUT2D eigenvalue weighted by Crippen LogP contribution is -2.36. The van der Waals surface area contributed by atoms with E-state index in [0.717, 1.165) is 5.69 Å². The minimum atomic E-state index is -0.349. The van der Waals surface area contributed by atoms with E-state index in [4.69, 9.17) is 11.6 Å². The molecule has 1 heterocycles. The van der Waals surface area contributed by atoms with Crippen molar-refractivity contribution in [2.45, 2.75) is 39.5 Å². The molecule has 1 N–H and O–H groups in total. The van der Waals surface area contributed by atoms with E-state index in [1.807, 2.05) is 0 Å². The average molecular weight is 250 g/mol. The normalized spacial score (nSPS) is 13.8. The summed E-state index contributed by atoms with van der Waals surface area (Å²) in [5, 5.41) is 13.3. The fourth-order valence-corrected chi connectivity index (χ4v) is 1.89. The van der Waals surface area contributed by atoms with Crippen LogP contribution in [0.1, 0.15) is 26.5 Å². The van der Waals surface area contributed by atoms with Gasteiger partial charge < -0.3 is 5.11 Å². The lowest BCUT2D eigenvalue weighted by atomic mass is 10.2. The van der Waals surface area contributed by atoms with Crippen LogP contribution in [-0.4, -0.2) is 38.3 Å². The van der Waals surface area contributed by atoms with E-state index in [1.165, 1.54) is 11.5 Å². The van der Waals surface area contributed by atoms with Crippen LogP contribution in [0.25, 0.3) is 0 Å². The highest BCUT2D eigenvalue weighted by Crippen LogP contribution is 2.19. The SMILES string of the molecule is CC(O)CN(Cc1nnsc1Cl)C(C)C. The fourth-order valence-electron chi connectivity index (χ4n) is 1.28. The van der Waals surface area contributed by atoms with Crippen LogP contribution < -0.4 is 0 Å². The summed E-state index contributed by atoms with van der Waals surface area (Å²) in [5.41, 5.74) is 0.788. The summed E-state index contributed by atoms with van der Waals surface area (Å²) in [6.45, 7) is 7.19. The molecule has 0 amide bonds. The van der Waals surface area contributed by atoms with E-state index in [0.29, 0.717) is 23.5 Å². The minimum absolute atomic E-state index is 0.345. The fraction of sp³-hybridized carbons (Fsp3) is 0.778. The molecule has 1 rings (SSSR count). The van der Waals surface area contributed by atoms with Gasteiger partial charge in [-0.3, -0.25) is 4.90 Å². The minimum Gasteiger partial charge on any atom is -0.392 e. The number of hydrogen-bond donors (Lipinski definition) is 1. The zero-order valence-electron chi connectivity index (χ0n) is 9.14. The number of halogens is 1. The molecule has 0 aliphatic heterocycles. The molecule has 0 saturated heterocycles. The van der Waals surface area contributed by atoms with Crippen LogP contribution in [0.2, 0.25) is 4.34 Å². The second-order valence-electron chi connectivity index (χ2n) is 3.87. The van der Waals surface area contributed by atoms with Crippen molar-refractivity contribution < 1.29 is 5.11 Å². The number of aromatic nitrogens is 2. The molecule has 0 fully saturated rings. The highest BCUT2D eigenvalue weighted by Gasteiger charge is 2.16. The molecule has 15 heavy (non-hydrogen) atoms. The van der Waals surface area contributed by atoms with E-state index in [2.05, 4.69) is 28.3 Å². The van der Waals surface area contributed by atoms with Crippen molar-refractivity contribution in [1.29, 1.82) is 0 Å². The van der Waals surface area contributed by atoms with Gasteiger partial charge in [-0.05, 0) is 20.8 Å².